The van der Waals surface area contributed by atoms with Crippen LogP contribution in [0.25, 0.3) is 11.5 Å². The molecule has 0 aliphatic carbocycles. The highest BCUT2D eigenvalue weighted by molar-refractivity contribution is 7.99. The van der Waals surface area contributed by atoms with E-state index in [4.69, 9.17) is 9.52 Å². The zero-order chi connectivity index (χ0) is 12.3. The Morgan fingerprint density at radius 3 is 3.00 bits per heavy atom. The predicted molar refractivity (Wildman–Crippen MR) is 58.1 cm³/mol. The quantitative estimate of drug-likeness (QED) is 0.841. The maximum atomic E-state index is 12.9. The number of hydrogen-bond acceptors (Lipinski definition) is 5. The molecule has 7 heteroatoms. The van der Waals surface area contributed by atoms with Crippen molar-refractivity contribution in [3.8, 4) is 11.5 Å². The highest BCUT2D eigenvalue weighted by Crippen LogP contribution is 2.23. The van der Waals surface area contributed by atoms with Gasteiger partial charge in [0.1, 0.15) is 11.6 Å². The number of aliphatic carboxylic acids is 1. The van der Waals surface area contributed by atoms with Crippen LogP contribution in [0.5, 0.6) is 0 Å². The van der Waals surface area contributed by atoms with Gasteiger partial charge in [0.05, 0.1) is 0 Å². The Balaban J connectivity index is 2.15. The number of thioether (sulfide) groups is 1. The van der Waals surface area contributed by atoms with Gasteiger partial charge in [-0.05, 0) is 18.2 Å². The summed E-state index contributed by atoms with van der Waals surface area (Å²) in [4.78, 5) is 10.3. The number of rotatable bonds is 4. The number of carboxylic acid groups (broad SMARTS) is 1. The Labute approximate surface area is 99.7 Å². The third-order valence-electron chi connectivity index (χ3n) is 1.80. The van der Waals surface area contributed by atoms with Crippen LogP contribution in [0.2, 0.25) is 0 Å². The number of hydrogen-bond donors (Lipinski definition) is 1. The van der Waals surface area contributed by atoms with E-state index < -0.39 is 11.8 Å². The van der Waals surface area contributed by atoms with Crippen LogP contribution >= 0.6 is 11.8 Å². The Morgan fingerprint density at radius 2 is 2.29 bits per heavy atom. The summed E-state index contributed by atoms with van der Waals surface area (Å²) >= 11 is 0.915. The minimum atomic E-state index is -0.972. The van der Waals surface area contributed by atoms with Gasteiger partial charge in [0.2, 0.25) is 5.89 Å². The summed E-state index contributed by atoms with van der Waals surface area (Å²) in [5, 5.41) is 16.0. The molecule has 0 spiro atoms. The van der Waals surface area contributed by atoms with Crippen LogP contribution < -0.4 is 0 Å². The molecule has 1 heterocycles. The molecule has 0 unspecified atom stereocenters. The minimum absolute atomic E-state index is 0.145. The summed E-state index contributed by atoms with van der Waals surface area (Å²) in [7, 11) is 0. The summed E-state index contributed by atoms with van der Waals surface area (Å²) in [5.74, 6) is -1.37. The van der Waals surface area contributed by atoms with Gasteiger partial charge in [-0.25, -0.2) is 4.39 Å². The van der Waals surface area contributed by atoms with Crippen LogP contribution in [0.1, 0.15) is 0 Å². The van der Waals surface area contributed by atoms with Crippen LogP contribution in [0, 0.1) is 5.82 Å². The molecule has 0 amide bonds. The summed E-state index contributed by atoms with van der Waals surface area (Å²) in [5.41, 5.74) is 0.458. The molecule has 17 heavy (non-hydrogen) atoms. The van der Waals surface area contributed by atoms with Gasteiger partial charge in [0, 0.05) is 5.56 Å². The molecule has 0 saturated heterocycles. The Kier molecular flexibility index (Phi) is 3.38. The monoisotopic (exact) mass is 254 g/mol. The normalized spacial score (nSPS) is 10.4. The molecule has 88 valence electrons. The van der Waals surface area contributed by atoms with Crippen molar-refractivity contribution in [2.75, 3.05) is 5.75 Å². The molecule has 0 saturated carbocycles. The largest absolute Gasteiger partial charge is 0.481 e. The van der Waals surface area contributed by atoms with Crippen molar-refractivity contribution in [3.05, 3.63) is 30.1 Å². The molecule has 0 aliphatic rings. The fourth-order valence-corrected chi connectivity index (χ4v) is 1.61. The molecule has 1 N–H and O–H groups in total. The van der Waals surface area contributed by atoms with E-state index in [1.807, 2.05) is 0 Å². The SMILES string of the molecule is O=C(O)CSc1nnc(-c2cccc(F)c2)o1. The number of nitrogens with zero attached hydrogens (tertiary/aromatic N) is 2. The van der Waals surface area contributed by atoms with Crippen molar-refractivity contribution in [1.82, 2.24) is 10.2 Å². The molecule has 0 bridgehead atoms. The highest BCUT2D eigenvalue weighted by atomic mass is 32.2. The maximum Gasteiger partial charge on any atom is 0.314 e. The first-order valence-corrected chi connectivity index (χ1v) is 5.58. The topological polar surface area (TPSA) is 76.2 Å². The van der Waals surface area contributed by atoms with E-state index in [2.05, 4.69) is 10.2 Å². The molecule has 0 fully saturated rings. The van der Waals surface area contributed by atoms with E-state index in [-0.39, 0.29) is 16.9 Å². The van der Waals surface area contributed by atoms with Crippen molar-refractivity contribution in [2.24, 2.45) is 0 Å². The molecule has 5 nitrogen and oxygen atoms in total. The Bertz CT molecular complexity index is 544. The van der Waals surface area contributed by atoms with E-state index in [0.717, 1.165) is 11.8 Å². The second-order valence-electron chi connectivity index (χ2n) is 3.07. The molecule has 0 aliphatic heterocycles. The zero-order valence-electron chi connectivity index (χ0n) is 8.46. The van der Waals surface area contributed by atoms with Gasteiger partial charge < -0.3 is 9.52 Å². The van der Waals surface area contributed by atoms with Gasteiger partial charge in [-0.1, -0.05) is 17.8 Å². The molecule has 0 radical (unpaired) electrons. The fourth-order valence-electron chi connectivity index (χ4n) is 1.13. The molecular formula is C10H7FN2O3S. The van der Waals surface area contributed by atoms with Crippen molar-refractivity contribution in [3.63, 3.8) is 0 Å². The average molecular weight is 254 g/mol. The van der Waals surface area contributed by atoms with Crippen LogP contribution in [0.15, 0.2) is 33.9 Å². The lowest BCUT2D eigenvalue weighted by atomic mass is 10.2. The minimum Gasteiger partial charge on any atom is -0.481 e. The Hall–Kier alpha value is -1.89. The third-order valence-corrected chi connectivity index (χ3v) is 2.60. The molecule has 1 aromatic heterocycles. The van der Waals surface area contributed by atoms with Gasteiger partial charge in [-0.2, -0.15) is 0 Å². The molecule has 0 atom stereocenters. The molecule has 2 aromatic rings. The van der Waals surface area contributed by atoms with Crippen LogP contribution in [-0.4, -0.2) is 27.0 Å². The van der Waals surface area contributed by atoms with Crippen LogP contribution in [-0.2, 0) is 4.79 Å². The smallest absolute Gasteiger partial charge is 0.314 e. The van der Waals surface area contributed by atoms with Crippen molar-refractivity contribution in [2.45, 2.75) is 5.22 Å². The number of carbonyl (C=O) groups is 1. The number of halogens is 1. The van der Waals surface area contributed by atoms with E-state index >= 15 is 0 Å². The second-order valence-corrected chi connectivity index (χ2v) is 3.99. The highest BCUT2D eigenvalue weighted by Gasteiger charge is 2.10. The standard InChI is InChI=1S/C10H7FN2O3S/c11-7-3-1-2-6(4-7)9-12-13-10(16-9)17-5-8(14)15/h1-4H,5H2,(H,14,15). The summed E-state index contributed by atoms with van der Waals surface area (Å²) < 4.78 is 18.1. The average Bonchev–Trinajstić information content (AvgIpc) is 2.75. The van der Waals surface area contributed by atoms with E-state index in [9.17, 15) is 9.18 Å². The van der Waals surface area contributed by atoms with Crippen LogP contribution in [0.3, 0.4) is 0 Å². The lowest BCUT2D eigenvalue weighted by molar-refractivity contribution is -0.133. The van der Waals surface area contributed by atoms with E-state index in [1.54, 1.807) is 6.07 Å². The lowest BCUT2D eigenvalue weighted by Gasteiger charge is -1.93. The lowest BCUT2D eigenvalue weighted by Crippen LogP contribution is -1.97. The van der Waals surface area contributed by atoms with Gasteiger partial charge >= 0.3 is 5.97 Å². The van der Waals surface area contributed by atoms with Gasteiger partial charge in [-0.15, -0.1) is 10.2 Å². The van der Waals surface area contributed by atoms with Crippen molar-refractivity contribution in [1.29, 1.82) is 0 Å². The molecular weight excluding hydrogens is 247 g/mol. The van der Waals surface area contributed by atoms with Crippen LogP contribution in [0.4, 0.5) is 4.39 Å². The Morgan fingerprint density at radius 1 is 1.47 bits per heavy atom. The van der Waals surface area contributed by atoms with Gasteiger partial charge in [-0.3, -0.25) is 4.79 Å². The summed E-state index contributed by atoms with van der Waals surface area (Å²) in [6.07, 6.45) is 0. The first-order valence-electron chi connectivity index (χ1n) is 4.59. The first kappa shape index (κ1) is 11.6. The van der Waals surface area contributed by atoms with Crippen molar-refractivity contribution >= 4 is 17.7 Å². The maximum absolute atomic E-state index is 12.9. The van der Waals surface area contributed by atoms with E-state index in [0.29, 0.717) is 5.56 Å². The molecule has 1 aromatic carbocycles. The summed E-state index contributed by atoms with van der Waals surface area (Å²) in [6.45, 7) is 0. The predicted octanol–water partition coefficient (Wildman–Crippen LogP) is 2.05. The summed E-state index contributed by atoms with van der Waals surface area (Å²) in [6, 6.07) is 5.72. The fraction of sp³-hybridized carbons (Fsp3) is 0.100. The van der Waals surface area contributed by atoms with Gasteiger partial charge in [0.15, 0.2) is 0 Å². The third kappa shape index (κ3) is 3.04. The number of aromatic nitrogens is 2. The second kappa shape index (κ2) is 4.96. The molecule has 2 rings (SSSR count). The number of carboxylic acids is 1. The van der Waals surface area contributed by atoms with Crippen molar-refractivity contribution < 1.29 is 18.7 Å². The zero-order valence-corrected chi connectivity index (χ0v) is 9.28. The van der Waals surface area contributed by atoms with Gasteiger partial charge in [0.25, 0.3) is 5.22 Å². The van der Waals surface area contributed by atoms with E-state index in [1.165, 1.54) is 18.2 Å². The number of benzene rings is 1. The first-order chi connectivity index (χ1) is 8.15.